The average molecular weight is 335 g/mol. The number of carbonyl (C=O) groups excluding carboxylic acids is 3. The fourth-order valence-corrected chi connectivity index (χ4v) is 3.07. The lowest BCUT2D eigenvalue weighted by Gasteiger charge is -2.30. The molecule has 0 spiro atoms. The number of hydrogen-bond donors (Lipinski definition) is 2. The second-order valence-corrected chi connectivity index (χ2v) is 6.13. The third-order valence-electron chi connectivity index (χ3n) is 4.48. The van der Waals surface area contributed by atoms with E-state index >= 15 is 0 Å². The number of likely N-dealkylation sites (N-methyl/N-ethyl adjacent to an activating group) is 1. The SMILES string of the molecule is CN1C(=O)NC(NC(=O)CCC2CCCCC2)(C(F)(F)F)C1=O. The highest BCUT2D eigenvalue weighted by Crippen LogP contribution is 2.33. The molecule has 1 heterocycles. The Bertz CT molecular complexity index is 503. The second-order valence-electron chi connectivity index (χ2n) is 6.13. The topological polar surface area (TPSA) is 78.5 Å². The van der Waals surface area contributed by atoms with Crippen LogP contribution in [0, 0.1) is 5.92 Å². The highest BCUT2D eigenvalue weighted by Gasteiger charge is 2.68. The smallest absolute Gasteiger partial charge is 0.318 e. The van der Waals surface area contributed by atoms with Crippen LogP contribution in [-0.2, 0) is 9.59 Å². The van der Waals surface area contributed by atoms with Crippen LogP contribution in [0.4, 0.5) is 18.0 Å². The molecular formula is C14H20F3N3O3. The van der Waals surface area contributed by atoms with Gasteiger partial charge in [-0.15, -0.1) is 0 Å². The lowest BCUT2D eigenvalue weighted by molar-refractivity contribution is -0.204. The number of halogens is 3. The van der Waals surface area contributed by atoms with E-state index < -0.39 is 29.7 Å². The first-order chi connectivity index (χ1) is 10.7. The molecule has 2 aliphatic rings. The van der Waals surface area contributed by atoms with E-state index in [4.69, 9.17) is 0 Å². The van der Waals surface area contributed by atoms with Crippen LogP contribution in [-0.4, -0.2) is 41.6 Å². The zero-order valence-electron chi connectivity index (χ0n) is 12.8. The molecule has 0 aromatic heterocycles. The summed E-state index contributed by atoms with van der Waals surface area (Å²) in [5.41, 5.74) is -3.36. The predicted molar refractivity (Wildman–Crippen MR) is 74.0 cm³/mol. The molecule has 0 bridgehead atoms. The number of hydrogen-bond acceptors (Lipinski definition) is 3. The quantitative estimate of drug-likeness (QED) is 0.770. The summed E-state index contributed by atoms with van der Waals surface area (Å²) in [4.78, 5) is 35.4. The van der Waals surface area contributed by atoms with Crippen LogP contribution in [0.1, 0.15) is 44.9 Å². The van der Waals surface area contributed by atoms with Crippen molar-refractivity contribution in [1.29, 1.82) is 0 Å². The number of urea groups is 1. The van der Waals surface area contributed by atoms with Crippen LogP contribution >= 0.6 is 0 Å². The van der Waals surface area contributed by atoms with E-state index in [1.807, 2.05) is 0 Å². The van der Waals surface area contributed by atoms with Crippen LogP contribution in [0.25, 0.3) is 0 Å². The van der Waals surface area contributed by atoms with Gasteiger partial charge in [0, 0.05) is 13.5 Å². The number of rotatable bonds is 4. The maximum Gasteiger partial charge on any atom is 0.440 e. The molecule has 1 aliphatic heterocycles. The number of nitrogens with one attached hydrogen (secondary N) is 2. The van der Waals surface area contributed by atoms with Gasteiger partial charge in [0.25, 0.3) is 11.6 Å². The van der Waals surface area contributed by atoms with Gasteiger partial charge in [-0.2, -0.15) is 13.2 Å². The Hall–Kier alpha value is -1.80. The maximum atomic E-state index is 13.3. The minimum Gasteiger partial charge on any atom is -0.318 e. The molecule has 1 aliphatic carbocycles. The van der Waals surface area contributed by atoms with E-state index in [1.165, 1.54) is 0 Å². The number of amides is 4. The first-order valence-corrected chi connectivity index (χ1v) is 7.65. The Kier molecular flexibility index (Phi) is 4.86. The maximum absolute atomic E-state index is 13.3. The zero-order valence-corrected chi connectivity index (χ0v) is 12.8. The summed E-state index contributed by atoms with van der Waals surface area (Å²) >= 11 is 0. The third kappa shape index (κ3) is 3.42. The van der Waals surface area contributed by atoms with Gasteiger partial charge in [-0.1, -0.05) is 32.1 Å². The number of carbonyl (C=O) groups is 3. The Labute approximate surface area is 131 Å². The van der Waals surface area contributed by atoms with Crippen molar-refractivity contribution in [2.75, 3.05) is 7.05 Å². The second kappa shape index (κ2) is 6.37. The molecule has 2 N–H and O–H groups in total. The van der Waals surface area contributed by atoms with Gasteiger partial charge in [-0.3, -0.25) is 19.8 Å². The summed E-state index contributed by atoms with van der Waals surface area (Å²) < 4.78 is 39.9. The third-order valence-corrected chi connectivity index (χ3v) is 4.48. The van der Waals surface area contributed by atoms with Crippen molar-refractivity contribution in [2.24, 2.45) is 5.92 Å². The molecule has 0 radical (unpaired) electrons. The molecule has 0 aromatic carbocycles. The fourth-order valence-electron chi connectivity index (χ4n) is 3.07. The molecule has 1 atom stereocenters. The van der Waals surface area contributed by atoms with Gasteiger partial charge < -0.3 is 5.32 Å². The van der Waals surface area contributed by atoms with Crippen molar-refractivity contribution in [1.82, 2.24) is 15.5 Å². The van der Waals surface area contributed by atoms with Crippen molar-refractivity contribution in [3.8, 4) is 0 Å². The highest BCUT2D eigenvalue weighted by atomic mass is 19.4. The standard InChI is InChI=1S/C14H20F3N3O3/c1-20-11(22)13(14(15,16)17,19-12(20)23)18-10(21)8-7-9-5-3-2-4-6-9/h9H,2-8H2,1H3,(H,18,21)(H,19,23). The molecule has 4 amide bonds. The Morgan fingerprint density at radius 2 is 1.91 bits per heavy atom. The van der Waals surface area contributed by atoms with Gasteiger partial charge in [0.05, 0.1) is 0 Å². The Morgan fingerprint density at radius 1 is 1.30 bits per heavy atom. The molecule has 9 heteroatoms. The summed E-state index contributed by atoms with van der Waals surface area (Å²) in [6.45, 7) is 0. The Morgan fingerprint density at radius 3 is 2.39 bits per heavy atom. The van der Waals surface area contributed by atoms with Gasteiger partial charge in [-0.05, 0) is 12.3 Å². The lowest BCUT2D eigenvalue weighted by atomic mass is 9.86. The van der Waals surface area contributed by atoms with Crippen molar-refractivity contribution < 1.29 is 27.6 Å². The first-order valence-electron chi connectivity index (χ1n) is 7.65. The highest BCUT2D eigenvalue weighted by molar-refractivity contribution is 6.08. The van der Waals surface area contributed by atoms with Crippen molar-refractivity contribution in [3.63, 3.8) is 0 Å². The molecular weight excluding hydrogens is 315 g/mol. The molecule has 6 nitrogen and oxygen atoms in total. The van der Waals surface area contributed by atoms with E-state index in [-0.39, 0.29) is 6.42 Å². The molecule has 2 fully saturated rings. The largest absolute Gasteiger partial charge is 0.440 e. The molecule has 1 unspecified atom stereocenters. The molecule has 2 rings (SSSR count). The molecule has 23 heavy (non-hydrogen) atoms. The van der Waals surface area contributed by atoms with Gasteiger partial charge in [0.1, 0.15) is 0 Å². The average Bonchev–Trinajstić information content (AvgIpc) is 2.71. The summed E-state index contributed by atoms with van der Waals surface area (Å²) in [7, 11) is 0.930. The van der Waals surface area contributed by atoms with Crippen LogP contribution in [0.2, 0.25) is 0 Å². The number of nitrogens with zero attached hydrogens (tertiary/aromatic N) is 1. The van der Waals surface area contributed by atoms with Crippen molar-refractivity contribution >= 4 is 17.8 Å². The monoisotopic (exact) mass is 335 g/mol. The van der Waals surface area contributed by atoms with Gasteiger partial charge in [0.15, 0.2) is 0 Å². The predicted octanol–water partition coefficient (Wildman–Crippen LogP) is 1.90. The van der Waals surface area contributed by atoms with Gasteiger partial charge >= 0.3 is 12.2 Å². The van der Waals surface area contributed by atoms with Gasteiger partial charge in [-0.25, -0.2) is 4.79 Å². The van der Waals surface area contributed by atoms with Crippen molar-refractivity contribution in [2.45, 2.75) is 56.8 Å². The minimum absolute atomic E-state index is 0.102. The minimum atomic E-state index is -5.12. The molecule has 1 saturated carbocycles. The molecule has 1 saturated heterocycles. The first kappa shape index (κ1) is 17.6. The van der Waals surface area contributed by atoms with E-state index in [1.54, 1.807) is 10.6 Å². The normalized spacial score (nSPS) is 26.3. The lowest BCUT2D eigenvalue weighted by Crippen LogP contribution is -2.69. The van der Waals surface area contributed by atoms with E-state index in [2.05, 4.69) is 0 Å². The van der Waals surface area contributed by atoms with Crippen LogP contribution < -0.4 is 10.6 Å². The molecule has 130 valence electrons. The fraction of sp³-hybridized carbons (Fsp3) is 0.786. The zero-order chi connectivity index (χ0) is 17.3. The summed E-state index contributed by atoms with van der Waals surface area (Å²) in [5.74, 6) is -2.09. The number of imide groups is 1. The summed E-state index contributed by atoms with van der Waals surface area (Å²) in [6, 6.07) is -1.19. The summed E-state index contributed by atoms with van der Waals surface area (Å²) in [5, 5.41) is 3.25. The van der Waals surface area contributed by atoms with Crippen LogP contribution in [0.15, 0.2) is 0 Å². The van der Waals surface area contributed by atoms with Gasteiger partial charge in [0.2, 0.25) is 5.91 Å². The van der Waals surface area contributed by atoms with Crippen LogP contribution in [0.5, 0.6) is 0 Å². The molecule has 0 aromatic rings. The van der Waals surface area contributed by atoms with Crippen LogP contribution in [0.3, 0.4) is 0 Å². The van der Waals surface area contributed by atoms with Crippen molar-refractivity contribution in [3.05, 3.63) is 0 Å². The van der Waals surface area contributed by atoms with E-state index in [9.17, 15) is 27.6 Å². The summed E-state index contributed by atoms with van der Waals surface area (Å²) in [6.07, 6.45) is 0.479. The van der Waals surface area contributed by atoms with E-state index in [0.717, 1.165) is 39.2 Å². The van der Waals surface area contributed by atoms with E-state index in [0.29, 0.717) is 17.2 Å². The number of alkyl halides is 3. The Balaban J connectivity index is 2.02.